The molecule has 0 atom stereocenters. The Hall–Kier alpha value is -4.37. The highest BCUT2D eigenvalue weighted by Gasteiger charge is 2.26. The van der Waals surface area contributed by atoms with E-state index in [9.17, 15) is 9.59 Å². The molecule has 184 valence electrons. The highest BCUT2D eigenvalue weighted by atomic mass is 16.6. The van der Waals surface area contributed by atoms with Crippen LogP contribution in [-0.4, -0.2) is 81.7 Å². The number of morpholine rings is 1. The number of rotatable bonds is 8. The van der Waals surface area contributed by atoms with Crippen molar-refractivity contribution in [2.24, 2.45) is 5.10 Å². The van der Waals surface area contributed by atoms with Crippen LogP contribution in [0.15, 0.2) is 27.9 Å². The van der Waals surface area contributed by atoms with E-state index >= 15 is 0 Å². The Morgan fingerprint density at radius 3 is 2.74 bits per heavy atom. The molecule has 35 heavy (non-hydrogen) atoms. The SMILES string of the molecule is COc1cc(/C=N\NC(=O)c2c(CN3CCOCC3)nnn2-c2nonc2N)ccc1OC(C)=O. The number of ether oxygens (including phenoxy) is 3. The van der Waals surface area contributed by atoms with Crippen LogP contribution in [0.1, 0.15) is 28.7 Å². The molecule has 1 aliphatic rings. The lowest BCUT2D eigenvalue weighted by atomic mass is 10.2. The molecule has 3 aromatic rings. The van der Waals surface area contributed by atoms with Gasteiger partial charge in [0.2, 0.25) is 11.6 Å². The van der Waals surface area contributed by atoms with Gasteiger partial charge in [-0.1, -0.05) is 5.21 Å². The minimum atomic E-state index is -0.597. The molecule has 1 fully saturated rings. The Bertz CT molecular complexity index is 1230. The average molecular weight is 485 g/mol. The molecule has 1 aromatic carbocycles. The van der Waals surface area contributed by atoms with Gasteiger partial charge in [0.1, 0.15) is 5.69 Å². The molecular weight excluding hydrogens is 462 g/mol. The van der Waals surface area contributed by atoms with Crippen LogP contribution in [0.5, 0.6) is 11.5 Å². The van der Waals surface area contributed by atoms with Gasteiger partial charge < -0.3 is 19.9 Å². The summed E-state index contributed by atoms with van der Waals surface area (Å²) in [7, 11) is 1.44. The molecule has 15 nitrogen and oxygen atoms in total. The van der Waals surface area contributed by atoms with Crippen LogP contribution in [0.2, 0.25) is 0 Å². The zero-order chi connectivity index (χ0) is 24.8. The second-order valence-electron chi connectivity index (χ2n) is 7.36. The Balaban J connectivity index is 1.55. The number of nitrogen functional groups attached to an aromatic ring is 1. The van der Waals surface area contributed by atoms with Crippen molar-refractivity contribution in [1.29, 1.82) is 0 Å². The number of methoxy groups -OCH3 is 1. The molecule has 15 heteroatoms. The van der Waals surface area contributed by atoms with E-state index in [1.807, 2.05) is 0 Å². The summed E-state index contributed by atoms with van der Waals surface area (Å²) in [4.78, 5) is 26.4. The number of aromatic nitrogens is 5. The number of nitrogens with two attached hydrogens (primary N) is 1. The van der Waals surface area contributed by atoms with Gasteiger partial charge in [0.05, 0.1) is 26.5 Å². The van der Waals surface area contributed by atoms with Crippen molar-refractivity contribution in [2.75, 3.05) is 39.1 Å². The summed E-state index contributed by atoms with van der Waals surface area (Å²) in [5.41, 5.74) is 9.32. The Labute approximate surface area is 198 Å². The zero-order valence-corrected chi connectivity index (χ0v) is 19.0. The molecule has 1 aliphatic heterocycles. The normalized spacial score (nSPS) is 14.2. The molecule has 0 unspecified atom stereocenters. The van der Waals surface area contributed by atoms with Gasteiger partial charge in [-0.25, -0.2) is 10.1 Å². The van der Waals surface area contributed by atoms with Crippen LogP contribution in [0.4, 0.5) is 5.82 Å². The van der Waals surface area contributed by atoms with E-state index in [0.29, 0.717) is 49.9 Å². The fraction of sp³-hybridized carbons (Fsp3) is 0.350. The van der Waals surface area contributed by atoms with Gasteiger partial charge in [-0.15, -0.1) is 5.10 Å². The summed E-state index contributed by atoms with van der Waals surface area (Å²) in [6.45, 7) is 4.19. The van der Waals surface area contributed by atoms with Crippen molar-refractivity contribution < 1.29 is 28.4 Å². The lowest BCUT2D eigenvalue weighted by molar-refractivity contribution is -0.132. The van der Waals surface area contributed by atoms with Gasteiger partial charge >= 0.3 is 5.97 Å². The molecule has 0 bridgehead atoms. The van der Waals surface area contributed by atoms with E-state index in [-0.39, 0.29) is 23.1 Å². The second-order valence-corrected chi connectivity index (χ2v) is 7.36. The number of carbonyl (C=O) groups is 2. The second kappa shape index (κ2) is 10.7. The minimum absolute atomic E-state index is 0.0330. The fourth-order valence-electron chi connectivity index (χ4n) is 3.33. The molecule has 1 saturated heterocycles. The van der Waals surface area contributed by atoms with Crippen molar-refractivity contribution in [3.8, 4) is 17.3 Å². The number of amides is 1. The first kappa shape index (κ1) is 23.8. The van der Waals surface area contributed by atoms with Crippen LogP contribution in [-0.2, 0) is 16.1 Å². The van der Waals surface area contributed by atoms with Crippen molar-refractivity contribution in [3.63, 3.8) is 0 Å². The highest BCUT2D eigenvalue weighted by Crippen LogP contribution is 2.27. The van der Waals surface area contributed by atoms with E-state index < -0.39 is 11.9 Å². The van der Waals surface area contributed by atoms with Gasteiger partial charge in [-0.05, 0) is 34.1 Å². The van der Waals surface area contributed by atoms with Crippen molar-refractivity contribution in [1.82, 2.24) is 35.6 Å². The molecule has 0 aliphatic carbocycles. The molecular formula is C20H23N9O6. The van der Waals surface area contributed by atoms with E-state index in [1.165, 1.54) is 20.2 Å². The maximum absolute atomic E-state index is 13.1. The maximum atomic E-state index is 13.1. The molecule has 0 saturated carbocycles. The third-order valence-electron chi connectivity index (χ3n) is 4.95. The summed E-state index contributed by atoms with van der Waals surface area (Å²) in [5, 5.41) is 19.4. The molecule has 2 aromatic heterocycles. The molecule has 4 rings (SSSR count). The summed E-state index contributed by atoms with van der Waals surface area (Å²) >= 11 is 0. The van der Waals surface area contributed by atoms with Gasteiger partial charge in [0.15, 0.2) is 17.2 Å². The summed E-state index contributed by atoms with van der Waals surface area (Å²) < 4.78 is 21.5. The third-order valence-corrected chi connectivity index (χ3v) is 4.95. The zero-order valence-electron chi connectivity index (χ0n) is 19.0. The number of hydrogen-bond donors (Lipinski definition) is 2. The lowest BCUT2D eigenvalue weighted by Gasteiger charge is -2.25. The third kappa shape index (κ3) is 5.59. The monoisotopic (exact) mass is 485 g/mol. The predicted octanol–water partition coefficient (Wildman–Crippen LogP) is -0.237. The van der Waals surface area contributed by atoms with Crippen LogP contribution in [0.25, 0.3) is 5.82 Å². The molecule has 0 spiro atoms. The number of hydrogen-bond acceptors (Lipinski definition) is 13. The van der Waals surface area contributed by atoms with E-state index in [2.05, 4.69) is 40.7 Å². The average Bonchev–Trinajstić information content (AvgIpc) is 3.45. The van der Waals surface area contributed by atoms with Crippen LogP contribution >= 0.6 is 0 Å². The van der Waals surface area contributed by atoms with Crippen LogP contribution < -0.4 is 20.6 Å². The quantitative estimate of drug-likeness (QED) is 0.185. The summed E-state index contributed by atoms with van der Waals surface area (Å²) in [6.07, 6.45) is 1.40. The van der Waals surface area contributed by atoms with Crippen LogP contribution in [0.3, 0.4) is 0 Å². The Morgan fingerprint density at radius 1 is 1.26 bits per heavy atom. The lowest BCUT2D eigenvalue weighted by Crippen LogP contribution is -2.36. The Morgan fingerprint density at radius 2 is 2.06 bits per heavy atom. The van der Waals surface area contributed by atoms with Crippen molar-refractivity contribution >= 4 is 23.9 Å². The van der Waals surface area contributed by atoms with Crippen LogP contribution in [0, 0.1) is 0 Å². The standard InChI is InChI=1S/C20H23N9O6/c1-12(30)34-15-4-3-13(9-16(15)32-2)10-22-24-20(31)17-14(11-28-5-7-33-8-6-28)23-27-29(17)19-18(21)25-35-26-19/h3-4,9-10H,5-8,11H2,1-2H3,(H2,21,25)(H,24,31)/b22-10-. The molecule has 1 amide bonds. The number of anilines is 1. The van der Waals surface area contributed by atoms with Crippen molar-refractivity contribution in [2.45, 2.75) is 13.5 Å². The van der Waals surface area contributed by atoms with Gasteiger partial charge in [-0.3, -0.25) is 14.5 Å². The summed E-state index contributed by atoms with van der Waals surface area (Å²) in [5.74, 6) is -0.489. The van der Waals surface area contributed by atoms with Gasteiger partial charge in [-0.2, -0.15) is 9.78 Å². The van der Waals surface area contributed by atoms with Gasteiger partial charge in [0, 0.05) is 26.6 Å². The number of carbonyl (C=O) groups excluding carboxylic acids is 2. The van der Waals surface area contributed by atoms with Gasteiger partial charge in [0.25, 0.3) is 5.91 Å². The minimum Gasteiger partial charge on any atom is -0.493 e. The van der Waals surface area contributed by atoms with E-state index in [0.717, 1.165) is 4.68 Å². The number of benzene rings is 1. The summed E-state index contributed by atoms with van der Waals surface area (Å²) in [6, 6.07) is 4.81. The van der Waals surface area contributed by atoms with E-state index in [1.54, 1.807) is 18.2 Å². The molecule has 3 heterocycles. The predicted molar refractivity (Wildman–Crippen MR) is 119 cm³/mol. The molecule has 0 radical (unpaired) electrons. The Kier molecular flexibility index (Phi) is 7.27. The number of nitrogens with one attached hydrogen (secondary N) is 1. The number of nitrogens with zero attached hydrogens (tertiary/aromatic N) is 7. The number of hydrazone groups is 1. The van der Waals surface area contributed by atoms with E-state index in [4.69, 9.17) is 19.9 Å². The van der Waals surface area contributed by atoms with Crippen molar-refractivity contribution in [3.05, 3.63) is 35.2 Å². The molecule has 3 N–H and O–H groups in total. The maximum Gasteiger partial charge on any atom is 0.308 e. The topological polar surface area (TPSA) is 185 Å². The fourth-order valence-corrected chi connectivity index (χ4v) is 3.33. The first-order valence-corrected chi connectivity index (χ1v) is 10.5. The largest absolute Gasteiger partial charge is 0.493 e. The first-order chi connectivity index (χ1) is 17.0. The highest BCUT2D eigenvalue weighted by molar-refractivity contribution is 5.95. The smallest absolute Gasteiger partial charge is 0.308 e. The number of esters is 1. The first-order valence-electron chi connectivity index (χ1n) is 10.5.